The summed E-state index contributed by atoms with van der Waals surface area (Å²) in [6.07, 6.45) is 0. The molecule has 0 aliphatic carbocycles. The van der Waals surface area contributed by atoms with Crippen LogP contribution in [0.4, 0.5) is 0 Å². The van der Waals surface area contributed by atoms with E-state index in [-0.39, 0.29) is 0 Å². The molecule has 3 N–H and O–H groups in total. The van der Waals surface area contributed by atoms with Gasteiger partial charge in [0.2, 0.25) is 0 Å². The van der Waals surface area contributed by atoms with Crippen LogP contribution < -0.4 is 15.8 Å². The lowest BCUT2D eigenvalue weighted by molar-refractivity contribution is 0.102. The number of nitrogens with two attached hydrogens (primary N) is 1. The van der Waals surface area contributed by atoms with E-state index >= 15 is 0 Å². The molecular weight excluding hydrogens is 275 g/mol. The van der Waals surface area contributed by atoms with Crippen molar-refractivity contribution in [3.05, 3.63) is 28.2 Å². The van der Waals surface area contributed by atoms with Gasteiger partial charge in [-0.25, -0.2) is 0 Å². The predicted octanol–water partition coefficient (Wildman–Crippen LogP) is 1.94. The minimum absolute atomic E-state index is 0.481. The van der Waals surface area contributed by atoms with Crippen LogP contribution in [-0.2, 0) is 4.74 Å². The maximum Gasteiger partial charge on any atom is 0.121 e. The summed E-state index contributed by atoms with van der Waals surface area (Å²) < 4.78 is 10.8. The van der Waals surface area contributed by atoms with Crippen LogP contribution in [0.5, 0.6) is 5.75 Å². The van der Waals surface area contributed by atoms with E-state index in [2.05, 4.69) is 5.32 Å². The van der Waals surface area contributed by atoms with Crippen LogP contribution in [0.3, 0.4) is 0 Å². The Labute approximate surface area is 117 Å². The van der Waals surface area contributed by atoms with Gasteiger partial charge in [0.1, 0.15) is 12.4 Å². The van der Waals surface area contributed by atoms with Gasteiger partial charge in [0, 0.05) is 25.7 Å². The average Bonchev–Trinajstić information content (AvgIpc) is 2.37. The van der Waals surface area contributed by atoms with Gasteiger partial charge in [0.15, 0.2) is 0 Å². The molecule has 0 spiro atoms. The van der Waals surface area contributed by atoms with Crippen molar-refractivity contribution in [3.63, 3.8) is 0 Å². The van der Waals surface area contributed by atoms with Crippen molar-refractivity contribution in [3.8, 4) is 5.75 Å². The van der Waals surface area contributed by atoms with Gasteiger partial charge in [-0.3, -0.25) is 0 Å². The van der Waals surface area contributed by atoms with Crippen LogP contribution in [-0.4, -0.2) is 39.5 Å². The first-order chi connectivity index (χ1) is 8.74. The topological polar surface area (TPSA) is 56.5 Å². The number of benzene rings is 1. The summed E-state index contributed by atoms with van der Waals surface area (Å²) in [5.41, 5.74) is 5.33. The van der Waals surface area contributed by atoms with Crippen LogP contribution in [0.25, 0.3) is 0 Å². The van der Waals surface area contributed by atoms with Gasteiger partial charge in [-0.05, 0) is 12.1 Å². The summed E-state index contributed by atoms with van der Waals surface area (Å²) in [4.78, 5) is 0. The smallest absolute Gasteiger partial charge is 0.121 e. The largest absolute Gasteiger partial charge is 0.491 e. The Kier molecular flexibility index (Phi) is 8.13. The summed E-state index contributed by atoms with van der Waals surface area (Å²) in [5, 5.41) is 4.14. The third-order valence-corrected chi connectivity index (χ3v) is 2.87. The molecule has 1 rings (SSSR count). The lowest BCUT2D eigenvalue weighted by atomic mass is 10.3. The van der Waals surface area contributed by atoms with E-state index in [0.29, 0.717) is 42.2 Å². The van der Waals surface area contributed by atoms with Crippen molar-refractivity contribution < 1.29 is 9.47 Å². The highest BCUT2D eigenvalue weighted by atomic mass is 35.5. The molecule has 1 aromatic carbocycles. The Morgan fingerprint density at radius 1 is 1.06 bits per heavy atom. The number of hydrogen-bond donors (Lipinski definition) is 2. The minimum Gasteiger partial charge on any atom is -0.491 e. The van der Waals surface area contributed by atoms with E-state index in [4.69, 9.17) is 38.4 Å². The zero-order chi connectivity index (χ0) is 13.2. The Morgan fingerprint density at radius 2 is 1.89 bits per heavy atom. The zero-order valence-corrected chi connectivity index (χ0v) is 11.6. The Bertz CT molecular complexity index is 351. The van der Waals surface area contributed by atoms with Crippen molar-refractivity contribution in [1.29, 1.82) is 0 Å². The quantitative estimate of drug-likeness (QED) is 0.683. The van der Waals surface area contributed by atoms with Crippen molar-refractivity contribution in [1.82, 2.24) is 5.32 Å². The van der Waals surface area contributed by atoms with Gasteiger partial charge in [0.25, 0.3) is 0 Å². The average molecular weight is 293 g/mol. The second-order valence-electron chi connectivity index (χ2n) is 3.58. The normalized spacial score (nSPS) is 10.6. The molecule has 0 aliphatic heterocycles. The van der Waals surface area contributed by atoms with Crippen LogP contribution in [0, 0.1) is 0 Å². The summed E-state index contributed by atoms with van der Waals surface area (Å²) in [7, 11) is 0. The van der Waals surface area contributed by atoms with Gasteiger partial charge in [-0.1, -0.05) is 23.2 Å². The molecule has 6 heteroatoms. The van der Waals surface area contributed by atoms with E-state index in [1.807, 2.05) is 0 Å². The number of rotatable bonds is 9. The lowest BCUT2D eigenvalue weighted by Gasteiger charge is -2.08. The van der Waals surface area contributed by atoms with E-state index < -0.39 is 0 Å². The van der Waals surface area contributed by atoms with Gasteiger partial charge in [-0.15, -0.1) is 0 Å². The zero-order valence-electron chi connectivity index (χ0n) is 10.1. The number of ether oxygens (including phenoxy) is 2. The van der Waals surface area contributed by atoms with Crippen molar-refractivity contribution in [2.24, 2.45) is 5.73 Å². The molecule has 0 unspecified atom stereocenters. The summed E-state index contributed by atoms with van der Waals surface area (Å²) in [6.45, 7) is 3.90. The Morgan fingerprint density at radius 3 is 2.61 bits per heavy atom. The van der Waals surface area contributed by atoms with Crippen LogP contribution >= 0.6 is 23.2 Å². The van der Waals surface area contributed by atoms with E-state index in [9.17, 15) is 0 Å². The van der Waals surface area contributed by atoms with E-state index in [1.54, 1.807) is 18.2 Å². The molecule has 0 saturated heterocycles. The molecule has 0 amide bonds. The fraction of sp³-hybridized carbons (Fsp3) is 0.500. The third kappa shape index (κ3) is 6.42. The summed E-state index contributed by atoms with van der Waals surface area (Å²) >= 11 is 11.7. The highest BCUT2D eigenvalue weighted by Gasteiger charge is 2.00. The van der Waals surface area contributed by atoms with Gasteiger partial charge >= 0.3 is 0 Å². The monoisotopic (exact) mass is 292 g/mol. The van der Waals surface area contributed by atoms with Crippen molar-refractivity contribution >= 4 is 23.2 Å². The molecule has 102 valence electrons. The summed E-state index contributed by atoms with van der Waals surface area (Å²) in [6, 6.07) is 5.17. The minimum atomic E-state index is 0.481. The predicted molar refractivity (Wildman–Crippen MR) is 74.7 cm³/mol. The standard InChI is InChI=1S/C12H18Cl2N2O2/c13-11-2-1-10(9-12(11)14)18-8-7-17-6-5-16-4-3-15/h1-2,9,16H,3-8,15H2. The first-order valence-corrected chi connectivity index (χ1v) is 6.56. The number of hydrogen-bond acceptors (Lipinski definition) is 4. The van der Waals surface area contributed by atoms with Crippen LogP contribution in [0.1, 0.15) is 0 Å². The first-order valence-electron chi connectivity index (χ1n) is 5.80. The fourth-order valence-corrected chi connectivity index (χ4v) is 1.55. The highest BCUT2D eigenvalue weighted by Crippen LogP contribution is 2.26. The van der Waals surface area contributed by atoms with E-state index in [0.717, 1.165) is 13.1 Å². The number of halogens is 2. The molecule has 0 aliphatic rings. The summed E-state index contributed by atoms with van der Waals surface area (Å²) in [5.74, 6) is 0.689. The Hall–Kier alpha value is -0.520. The maximum atomic E-state index is 5.86. The van der Waals surface area contributed by atoms with Gasteiger partial charge in [0.05, 0.1) is 23.3 Å². The first kappa shape index (κ1) is 15.5. The molecule has 0 heterocycles. The molecule has 1 aromatic rings. The van der Waals surface area contributed by atoms with Crippen molar-refractivity contribution in [2.75, 3.05) is 39.5 Å². The highest BCUT2D eigenvalue weighted by molar-refractivity contribution is 6.42. The fourth-order valence-electron chi connectivity index (χ4n) is 1.26. The van der Waals surface area contributed by atoms with Crippen molar-refractivity contribution in [2.45, 2.75) is 0 Å². The van der Waals surface area contributed by atoms with Gasteiger partial charge in [-0.2, -0.15) is 0 Å². The maximum absolute atomic E-state index is 5.86. The molecule has 0 saturated carbocycles. The van der Waals surface area contributed by atoms with Crippen LogP contribution in [0.15, 0.2) is 18.2 Å². The second kappa shape index (κ2) is 9.42. The van der Waals surface area contributed by atoms with Crippen LogP contribution in [0.2, 0.25) is 10.0 Å². The molecule has 18 heavy (non-hydrogen) atoms. The molecule has 0 aromatic heterocycles. The SMILES string of the molecule is NCCNCCOCCOc1ccc(Cl)c(Cl)c1. The van der Waals surface area contributed by atoms with Gasteiger partial charge < -0.3 is 20.5 Å². The second-order valence-corrected chi connectivity index (χ2v) is 4.39. The molecule has 4 nitrogen and oxygen atoms in total. The number of nitrogens with one attached hydrogen (secondary N) is 1. The molecule has 0 fully saturated rings. The lowest BCUT2D eigenvalue weighted by Crippen LogP contribution is -2.26. The molecule has 0 bridgehead atoms. The third-order valence-electron chi connectivity index (χ3n) is 2.13. The molecular formula is C12H18Cl2N2O2. The van der Waals surface area contributed by atoms with E-state index in [1.165, 1.54) is 0 Å². The Balaban J connectivity index is 2.05. The molecule has 0 radical (unpaired) electrons. The molecule has 0 atom stereocenters.